The number of rotatable bonds is 6. The van der Waals surface area contributed by atoms with E-state index in [9.17, 15) is 4.79 Å². The topological polar surface area (TPSA) is 41.1 Å². The van der Waals surface area contributed by atoms with Gasteiger partial charge in [0.15, 0.2) is 0 Å². The molecule has 1 unspecified atom stereocenters. The number of nitrogens with one attached hydrogen (secondary N) is 2. The highest BCUT2D eigenvalue weighted by atomic mass is 32.2. The Morgan fingerprint density at radius 3 is 2.53 bits per heavy atom. The highest BCUT2D eigenvalue weighted by molar-refractivity contribution is 8.00. The minimum atomic E-state index is -0.342. The highest BCUT2D eigenvalue weighted by Gasteiger charge is 2.37. The third kappa shape index (κ3) is 3.38. The molecule has 0 aromatic rings. The predicted octanol–water partition coefficient (Wildman–Crippen LogP) is 2.17. The Labute approximate surface area is 109 Å². The molecule has 0 bridgehead atoms. The third-order valence-electron chi connectivity index (χ3n) is 4.16. The fraction of sp³-hybridized carbons (Fsp3) is 0.923. The van der Waals surface area contributed by atoms with Gasteiger partial charge in [0.2, 0.25) is 5.91 Å². The molecule has 1 heterocycles. The largest absolute Gasteiger partial charge is 0.353 e. The van der Waals surface area contributed by atoms with Crippen molar-refractivity contribution >= 4 is 17.7 Å². The van der Waals surface area contributed by atoms with E-state index in [2.05, 4.69) is 30.7 Å². The smallest absolute Gasteiger partial charge is 0.240 e. The van der Waals surface area contributed by atoms with Crippen molar-refractivity contribution in [2.24, 2.45) is 0 Å². The first-order valence-corrected chi connectivity index (χ1v) is 7.83. The summed E-state index contributed by atoms with van der Waals surface area (Å²) in [5.41, 5.74) is -0.342. The van der Waals surface area contributed by atoms with Gasteiger partial charge in [-0.1, -0.05) is 13.8 Å². The summed E-state index contributed by atoms with van der Waals surface area (Å²) in [6, 6.07) is 0. The average molecular weight is 258 g/mol. The molecule has 1 fully saturated rings. The second-order valence-electron chi connectivity index (χ2n) is 5.14. The molecule has 4 heteroatoms. The number of hydrogen-bond donors (Lipinski definition) is 2. The Balaban J connectivity index is 2.52. The van der Waals surface area contributed by atoms with Crippen LogP contribution in [0.3, 0.4) is 0 Å². The molecule has 1 amide bonds. The molecule has 0 aromatic carbocycles. The Morgan fingerprint density at radius 2 is 2.12 bits per heavy atom. The van der Waals surface area contributed by atoms with Gasteiger partial charge in [-0.15, -0.1) is 0 Å². The van der Waals surface area contributed by atoms with Crippen molar-refractivity contribution in [3.8, 4) is 0 Å². The van der Waals surface area contributed by atoms with Gasteiger partial charge in [0.25, 0.3) is 0 Å². The molecule has 2 N–H and O–H groups in total. The Morgan fingerprint density at radius 1 is 1.47 bits per heavy atom. The molecule has 0 aliphatic carbocycles. The molecule has 0 saturated carbocycles. The number of amides is 1. The maximum atomic E-state index is 12.2. The van der Waals surface area contributed by atoms with Crippen molar-refractivity contribution in [1.82, 2.24) is 10.6 Å². The van der Waals surface area contributed by atoms with Crippen LogP contribution in [0.4, 0.5) is 0 Å². The SMILES string of the molecule is CCC(CC)(CNC(=O)C1(C)CCCN1)SC. The lowest BCUT2D eigenvalue weighted by Gasteiger charge is -2.32. The lowest BCUT2D eigenvalue weighted by molar-refractivity contribution is -0.126. The second-order valence-corrected chi connectivity index (χ2v) is 6.41. The summed E-state index contributed by atoms with van der Waals surface area (Å²) < 4.78 is 0.199. The van der Waals surface area contributed by atoms with E-state index in [0.717, 1.165) is 38.8 Å². The van der Waals surface area contributed by atoms with Crippen LogP contribution in [0.1, 0.15) is 46.5 Å². The van der Waals surface area contributed by atoms with Gasteiger partial charge >= 0.3 is 0 Å². The summed E-state index contributed by atoms with van der Waals surface area (Å²) in [6.07, 6.45) is 6.36. The van der Waals surface area contributed by atoms with E-state index in [0.29, 0.717) is 0 Å². The highest BCUT2D eigenvalue weighted by Crippen LogP contribution is 2.30. The van der Waals surface area contributed by atoms with Gasteiger partial charge < -0.3 is 10.6 Å². The maximum Gasteiger partial charge on any atom is 0.240 e. The first-order valence-electron chi connectivity index (χ1n) is 6.60. The fourth-order valence-corrected chi connectivity index (χ4v) is 3.18. The molecule has 1 rings (SSSR count). The summed E-state index contributed by atoms with van der Waals surface area (Å²) in [4.78, 5) is 12.2. The van der Waals surface area contributed by atoms with E-state index in [-0.39, 0.29) is 16.2 Å². The molecule has 100 valence electrons. The van der Waals surface area contributed by atoms with Gasteiger partial charge in [-0.25, -0.2) is 0 Å². The number of hydrogen-bond acceptors (Lipinski definition) is 3. The zero-order valence-electron chi connectivity index (χ0n) is 11.6. The number of carbonyl (C=O) groups is 1. The average Bonchev–Trinajstić information content (AvgIpc) is 2.80. The van der Waals surface area contributed by atoms with Gasteiger partial charge in [0.05, 0.1) is 5.54 Å². The Hall–Kier alpha value is -0.220. The van der Waals surface area contributed by atoms with Gasteiger partial charge in [0.1, 0.15) is 0 Å². The van der Waals surface area contributed by atoms with Crippen LogP contribution >= 0.6 is 11.8 Å². The first kappa shape index (κ1) is 14.8. The summed E-state index contributed by atoms with van der Waals surface area (Å²) >= 11 is 1.87. The minimum absolute atomic E-state index is 0.162. The van der Waals surface area contributed by atoms with Crippen molar-refractivity contribution in [1.29, 1.82) is 0 Å². The predicted molar refractivity (Wildman–Crippen MR) is 75.5 cm³/mol. The normalized spacial score (nSPS) is 24.9. The van der Waals surface area contributed by atoms with Gasteiger partial charge in [0, 0.05) is 11.3 Å². The van der Waals surface area contributed by atoms with Crippen LogP contribution in [0.15, 0.2) is 0 Å². The molecule has 0 spiro atoms. The van der Waals surface area contributed by atoms with Crippen molar-refractivity contribution in [3.05, 3.63) is 0 Å². The molecule has 1 atom stereocenters. The molecule has 17 heavy (non-hydrogen) atoms. The van der Waals surface area contributed by atoms with Gasteiger partial charge in [-0.3, -0.25) is 4.79 Å². The molecule has 1 saturated heterocycles. The van der Waals surface area contributed by atoms with E-state index in [1.165, 1.54) is 0 Å². The van der Waals surface area contributed by atoms with E-state index in [1.54, 1.807) is 0 Å². The summed E-state index contributed by atoms with van der Waals surface area (Å²) in [5.74, 6) is 0.162. The molecular weight excluding hydrogens is 232 g/mol. The van der Waals surface area contributed by atoms with Gasteiger partial charge in [-0.2, -0.15) is 11.8 Å². The zero-order valence-corrected chi connectivity index (χ0v) is 12.4. The van der Waals surface area contributed by atoms with Crippen LogP contribution in [0.5, 0.6) is 0 Å². The minimum Gasteiger partial charge on any atom is -0.353 e. The molecular formula is C13H26N2OS. The monoisotopic (exact) mass is 258 g/mol. The van der Waals surface area contributed by atoms with Crippen molar-refractivity contribution in [2.75, 3.05) is 19.3 Å². The fourth-order valence-electron chi connectivity index (χ4n) is 2.39. The van der Waals surface area contributed by atoms with Crippen LogP contribution in [0.25, 0.3) is 0 Å². The van der Waals surface area contributed by atoms with Crippen molar-refractivity contribution < 1.29 is 4.79 Å². The molecule has 3 nitrogen and oxygen atoms in total. The van der Waals surface area contributed by atoms with Crippen LogP contribution in [0.2, 0.25) is 0 Å². The maximum absolute atomic E-state index is 12.2. The standard InChI is InChI=1S/C13H26N2OS/c1-5-13(6-2,17-4)10-14-11(16)12(3)8-7-9-15-12/h15H,5-10H2,1-4H3,(H,14,16). The van der Waals surface area contributed by atoms with Crippen LogP contribution in [-0.2, 0) is 4.79 Å². The van der Waals surface area contributed by atoms with Crippen LogP contribution in [0, 0.1) is 0 Å². The molecule has 0 radical (unpaired) electrons. The Kier molecular flexibility index (Phi) is 5.32. The third-order valence-corrected chi connectivity index (χ3v) is 5.75. The summed E-state index contributed by atoms with van der Waals surface area (Å²) in [7, 11) is 0. The number of carbonyl (C=O) groups excluding carboxylic acids is 1. The second kappa shape index (κ2) is 6.10. The first-order chi connectivity index (χ1) is 8.02. The van der Waals surface area contributed by atoms with E-state index >= 15 is 0 Å². The summed E-state index contributed by atoms with van der Waals surface area (Å²) in [5, 5.41) is 6.44. The molecule has 1 aliphatic heterocycles. The lowest BCUT2D eigenvalue weighted by atomic mass is 9.97. The van der Waals surface area contributed by atoms with Crippen LogP contribution in [-0.4, -0.2) is 35.5 Å². The van der Waals surface area contributed by atoms with Gasteiger partial charge in [-0.05, 0) is 45.4 Å². The van der Waals surface area contributed by atoms with Crippen molar-refractivity contribution in [2.45, 2.75) is 56.7 Å². The number of thioether (sulfide) groups is 1. The van der Waals surface area contributed by atoms with E-state index in [4.69, 9.17) is 0 Å². The lowest BCUT2D eigenvalue weighted by Crippen LogP contribution is -2.53. The van der Waals surface area contributed by atoms with E-state index in [1.807, 2.05) is 18.7 Å². The molecule has 0 aromatic heterocycles. The quantitative estimate of drug-likeness (QED) is 0.767. The van der Waals surface area contributed by atoms with Crippen LogP contribution < -0.4 is 10.6 Å². The summed E-state index contributed by atoms with van der Waals surface area (Å²) in [6.45, 7) is 8.13. The molecule has 1 aliphatic rings. The zero-order chi connectivity index (χ0) is 12.9. The van der Waals surface area contributed by atoms with Crippen molar-refractivity contribution in [3.63, 3.8) is 0 Å². The van der Waals surface area contributed by atoms with E-state index < -0.39 is 0 Å². The Bertz CT molecular complexity index is 250.